The van der Waals surface area contributed by atoms with Crippen LogP contribution in [0.25, 0.3) is 0 Å². The Morgan fingerprint density at radius 3 is 2.68 bits per heavy atom. The molecule has 1 aromatic carbocycles. The molecule has 0 aliphatic carbocycles. The summed E-state index contributed by atoms with van der Waals surface area (Å²) in [5.41, 5.74) is 2.12. The molecule has 0 fully saturated rings. The summed E-state index contributed by atoms with van der Waals surface area (Å²) < 4.78 is 2.25. The van der Waals surface area contributed by atoms with Crippen molar-refractivity contribution >= 4 is 15.9 Å². The fraction of sp³-hybridized carbons (Fsp3) is 0.214. The molecular formula is C14H12BrN3O. The Morgan fingerprint density at radius 1 is 1.37 bits per heavy atom. The Morgan fingerprint density at radius 2 is 2.05 bits per heavy atom. The third-order valence-corrected chi connectivity index (χ3v) is 3.80. The van der Waals surface area contributed by atoms with Crippen LogP contribution in [0.5, 0.6) is 0 Å². The second-order valence-corrected chi connectivity index (χ2v) is 5.11. The van der Waals surface area contributed by atoms with Gasteiger partial charge in [-0.3, -0.25) is 4.79 Å². The molecule has 2 aromatic rings. The second-order valence-electron chi connectivity index (χ2n) is 4.25. The fourth-order valence-electron chi connectivity index (χ4n) is 1.80. The first-order chi connectivity index (χ1) is 9.04. The van der Waals surface area contributed by atoms with Crippen molar-refractivity contribution in [2.45, 2.75) is 20.4 Å². The highest BCUT2D eigenvalue weighted by Crippen LogP contribution is 2.16. The van der Waals surface area contributed by atoms with E-state index >= 15 is 0 Å². The Kier molecular flexibility index (Phi) is 3.82. The standard InChI is InChI=1S/C14H12BrN3O/c1-9-10(2)17-18(14(19)12(9)7-16)8-11-5-3-4-6-13(11)15/h3-6H,8H2,1-2H3. The molecule has 0 radical (unpaired) electrons. The number of hydrogen-bond acceptors (Lipinski definition) is 3. The normalized spacial score (nSPS) is 10.2. The van der Waals surface area contributed by atoms with Crippen molar-refractivity contribution in [2.75, 3.05) is 0 Å². The van der Waals surface area contributed by atoms with Gasteiger partial charge < -0.3 is 0 Å². The number of aryl methyl sites for hydroxylation is 1. The van der Waals surface area contributed by atoms with Gasteiger partial charge >= 0.3 is 0 Å². The lowest BCUT2D eigenvalue weighted by Gasteiger charge is -2.10. The predicted octanol–water partition coefficient (Wildman–Crippen LogP) is 2.54. The van der Waals surface area contributed by atoms with Crippen LogP contribution in [0.2, 0.25) is 0 Å². The first-order valence-electron chi connectivity index (χ1n) is 5.76. The molecule has 4 nitrogen and oxygen atoms in total. The molecule has 0 aliphatic rings. The van der Waals surface area contributed by atoms with E-state index in [2.05, 4.69) is 21.0 Å². The number of halogens is 1. The average Bonchev–Trinajstić information content (AvgIpc) is 2.39. The maximum atomic E-state index is 12.2. The van der Waals surface area contributed by atoms with Gasteiger partial charge in [-0.15, -0.1) is 0 Å². The molecule has 19 heavy (non-hydrogen) atoms. The maximum absolute atomic E-state index is 12.2. The monoisotopic (exact) mass is 317 g/mol. The highest BCUT2D eigenvalue weighted by molar-refractivity contribution is 9.10. The first kappa shape index (κ1) is 13.5. The van der Waals surface area contributed by atoms with Crippen molar-refractivity contribution in [1.29, 1.82) is 5.26 Å². The molecule has 1 heterocycles. The van der Waals surface area contributed by atoms with Gasteiger partial charge in [-0.2, -0.15) is 10.4 Å². The zero-order chi connectivity index (χ0) is 14.0. The number of hydrogen-bond donors (Lipinski definition) is 0. The van der Waals surface area contributed by atoms with Crippen molar-refractivity contribution in [2.24, 2.45) is 0 Å². The Bertz CT molecular complexity index is 728. The van der Waals surface area contributed by atoms with E-state index in [1.165, 1.54) is 4.68 Å². The van der Waals surface area contributed by atoms with E-state index in [9.17, 15) is 4.79 Å². The highest BCUT2D eigenvalue weighted by atomic mass is 79.9. The summed E-state index contributed by atoms with van der Waals surface area (Å²) in [6, 6.07) is 9.59. The van der Waals surface area contributed by atoms with Crippen LogP contribution < -0.4 is 5.56 Å². The largest absolute Gasteiger partial charge is 0.285 e. The minimum Gasteiger partial charge on any atom is -0.266 e. The molecule has 0 atom stereocenters. The summed E-state index contributed by atoms with van der Waals surface area (Å²) in [7, 11) is 0. The molecule has 0 saturated heterocycles. The topological polar surface area (TPSA) is 58.7 Å². The maximum Gasteiger partial charge on any atom is 0.285 e. The minimum absolute atomic E-state index is 0.166. The molecule has 0 saturated carbocycles. The summed E-state index contributed by atoms with van der Waals surface area (Å²) in [5.74, 6) is 0. The molecule has 0 aliphatic heterocycles. The van der Waals surface area contributed by atoms with Crippen molar-refractivity contribution in [3.63, 3.8) is 0 Å². The molecule has 1 aromatic heterocycles. The van der Waals surface area contributed by atoms with E-state index in [1.807, 2.05) is 30.3 Å². The lowest BCUT2D eigenvalue weighted by molar-refractivity contribution is 0.621. The average molecular weight is 318 g/mol. The van der Waals surface area contributed by atoms with Gasteiger partial charge in [-0.05, 0) is 31.0 Å². The van der Waals surface area contributed by atoms with Crippen LogP contribution >= 0.6 is 15.9 Å². The summed E-state index contributed by atoms with van der Waals surface area (Å²) in [6.07, 6.45) is 0. The van der Waals surface area contributed by atoms with Gasteiger partial charge in [0.1, 0.15) is 11.6 Å². The van der Waals surface area contributed by atoms with Gasteiger partial charge in [0.2, 0.25) is 0 Å². The van der Waals surface area contributed by atoms with Crippen molar-refractivity contribution in [1.82, 2.24) is 9.78 Å². The zero-order valence-corrected chi connectivity index (χ0v) is 12.2. The van der Waals surface area contributed by atoms with Gasteiger partial charge in [-0.1, -0.05) is 34.1 Å². The van der Waals surface area contributed by atoms with Crippen molar-refractivity contribution < 1.29 is 0 Å². The van der Waals surface area contributed by atoms with Crippen LogP contribution in [0.1, 0.15) is 22.4 Å². The number of aromatic nitrogens is 2. The highest BCUT2D eigenvalue weighted by Gasteiger charge is 2.12. The second kappa shape index (κ2) is 5.37. The van der Waals surface area contributed by atoms with Crippen LogP contribution in [0.3, 0.4) is 0 Å². The lowest BCUT2D eigenvalue weighted by atomic mass is 10.1. The SMILES string of the molecule is Cc1nn(Cc2ccccc2Br)c(=O)c(C#N)c1C. The number of rotatable bonds is 2. The van der Waals surface area contributed by atoms with Gasteiger partial charge in [0, 0.05) is 4.47 Å². The molecule has 96 valence electrons. The van der Waals surface area contributed by atoms with Crippen LogP contribution in [-0.4, -0.2) is 9.78 Å². The Balaban J connectivity index is 2.54. The minimum atomic E-state index is -0.346. The molecular weight excluding hydrogens is 306 g/mol. The molecule has 0 N–H and O–H groups in total. The van der Waals surface area contributed by atoms with Crippen LogP contribution in [-0.2, 0) is 6.54 Å². The molecule has 0 spiro atoms. The summed E-state index contributed by atoms with van der Waals surface area (Å²) in [4.78, 5) is 12.2. The number of benzene rings is 1. The lowest BCUT2D eigenvalue weighted by Crippen LogP contribution is -2.28. The van der Waals surface area contributed by atoms with Crippen LogP contribution in [0.4, 0.5) is 0 Å². The Labute approximate surface area is 119 Å². The molecule has 5 heteroatoms. The number of nitriles is 1. The summed E-state index contributed by atoms with van der Waals surface area (Å²) >= 11 is 3.44. The van der Waals surface area contributed by atoms with Gasteiger partial charge in [0.25, 0.3) is 5.56 Å². The molecule has 0 unspecified atom stereocenters. The third-order valence-electron chi connectivity index (χ3n) is 3.03. The van der Waals surface area contributed by atoms with E-state index in [0.29, 0.717) is 17.8 Å². The van der Waals surface area contributed by atoms with E-state index in [4.69, 9.17) is 5.26 Å². The van der Waals surface area contributed by atoms with E-state index < -0.39 is 0 Å². The van der Waals surface area contributed by atoms with E-state index in [-0.39, 0.29) is 11.1 Å². The van der Waals surface area contributed by atoms with Crippen molar-refractivity contribution in [3.8, 4) is 6.07 Å². The van der Waals surface area contributed by atoms with E-state index in [0.717, 1.165) is 10.0 Å². The molecule has 0 bridgehead atoms. The zero-order valence-electron chi connectivity index (χ0n) is 10.6. The van der Waals surface area contributed by atoms with Gasteiger partial charge in [0.15, 0.2) is 0 Å². The number of nitrogens with zero attached hydrogens (tertiary/aromatic N) is 3. The summed E-state index contributed by atoms with van der Waals surface area (Å²) in [5, 5.41) is 13.3. The van der Waals surface area contributed by atoms with Crippen LogP contribution in [0, 0.1) is 25.2 Å². The third kappa shape index (κ3) is 2.59. The molecule has 2 rings (SSSR count). The smallest absolute Gasteiger partial charge is 0.266 e. The van der Waals surface area contributed by atoms with E-state index in [1.54, 1.807) is 13.8 Å². The summed E-state index contributed by atoms with van der Waals surface area (Å²) in [6.45, 7) is 3.88. The molecule has 0 amide bonds. The van der Waals surface area contributed by atoms with Crippen LogP contribution in [0.15, 0.2) is 33.5 Å². The predicted molar refractivity (Wildman–Crippen MR) is 75.9 cm³/mol. The Hall–Kier alpha value is -1.93. The fourth-order valence-corrected chi connectivity index (χ4v) is 2.21. The van der Waals surface area contributed by atoms with Crippen molar-refractivity contribution in [3.05, 3.63) is 61.5 Å². The van der Waals surface area contributed by atoms with Gasteiger partial charge in [0.05, 0.1) is 12.2 Å². The first-order valence-corrected chi connectivity index (χ1v) is 6.55. The van der Waals surface area contributed by atoms with Gasteiger partial charge in [-0.25, -0.2) is 4.68 Å². The quantitative estimate of drug-likeness (QED) is 0.855.